The van der Waals surface area contributed by atoms with Crippen molar-refractivity contribution in [1.29, 1.82) is 0 Å². The summed E-state index contributed by atoms with van der Waals surface area (Å²) in [5.74, 6) is 3.88. The number of fused-ring (bicyclic) bond motifs is 1. The highest BCUT2D eigenvalue weighted by atomic mass is 32.1. The molecule has 2 heterocycles. The molecule has 0 aliphatic heterocycles. The Kier molecular flexibility index (Phi) is 6.94. The van der Waals surface area contributed by atoms with E-state index in [4.69, 9.17) is 0 Å². The lowest BCUT2D eigenvalue weighted by atomic mass is 10.0. The fraction of sp³-hybridized carbons (Fsp3) is 0.250. The number of aryl methyl sites for hydroxylation is 1. The number of aromatic nitrogens is 3. The minimum atomic E-state index is -0.799. The molecule has 3 amide bonds. The van der Waals surface area contributed by atoms with Gasteiger partial charge < -0.3 is 16.0 Å². The van der Waals surface area contributed by atoms with Crippen molar-refractivity contribution >= 4 is 40.0 Å². The molecule has 4 aromatic rings. The Morgan fingerprint density at radius 2 is 1.97 bits per heavy atom. The summed E-state index contributed by atoms with van der Waals surface area (Å²) >= 11 is 1.39. The summed E-state index contributed by atoms with van der Waals surface area (Å²) in [6, 6.07) is 12.6. The SMILES string of the molecule is C[C@@H](C#Cc1nccs1)NC(=O)C(=O)NCc1ccccc1C(=O)NC1(c2ccc3nn(C)cc3c2)CC1. The van der Waals surface area contributed by atoms with Gasteiger partial charge in [-0.05, 0) is 55.0 Å². The summed E-state index contributed by atoms with van der Waals surface area (Å²) in [5.41, 5.74) is 2.59. The van der Waals surface area contributed by atoms with Crippen LogP contribution in [0.4, 0.5) is 0 Å². The Morgan fingerprint density at radius 1 is 1.16 bits per heavy atom. The molecule has 0 bridgehead atoms. The van der Waals surface area contributed by atoms with E-state index in [2.05, 4.69) is 43.9 Å². The zero-order valence-electron chi connectivity index (χ0n) is 20.9. The molecule has 0 radical (unpaired) electrons. The van der Waals surface area contributed by atoms with E-state index in [-0.39, 0.29) is 12.5 Å². The maximum absolute atomic E-state index is 13.3. The molecule has 1 fully saturated rings. The van der Waals surface area contributed by atoms with Gasteiger partial charge in [-0.2, -0.15) is 5.10 Å². The van der Waals surface area contributed by atoms with Gasteiger partial charge in [0.15, 0.2) is 5.01 Å². The third-order valence-electron chi connectivity index (χ3n) is 6.36. The van der Waals surface area contributed by atoms with Gasteiger partial charge in [-0.15, -0.1) is 11.3 Å². The molecular weight excluding hydrogens is 500 g/mol. The summed E-state index contributed by atoms with van der Waals surface area (Å²) in [5, 5.41) is 16.2. The summed E-state index contributed by atoms with van der Waals surface area (Å²) in [6.07, 6.45) is 5.29. The van der Waals surface area contributed by atoms with E-state index in [0.717, 1.165) is 29.3 Å². The van der Waals surface area contributed by atoms with Crippen molar-refractivity contribution in [1.82, 2.24) is 30.7 Å². The smallest absolute Gasteiger partial charge is 0.310 e. The van der Waals surface area contributed by atoms with Gasteiger partial charge in [0.05, 0.1) is 17.1 Å². The first kappa shape index (κ1) is 25.2. The molecule has 1 saturated carbocycles. The maximum Gasteiger partial charge on any atom is 0.310 e. The molecule has 38 heavy (non-hydrogen) atoms. The monoisotopic (exact) mass is 526 g/mol. The van der Waals surface area contributed by atoms with Crippen LogP contribution in [0.5, 0.6) is 0 Å². The van der Waals surface area contributed by atoms with Crippen LogP contribution in [0.3, 0.4) is 0 Å². The molecule has 10 heteroatoms. The van der Waals surface area contributed by atoms with Crippen LogP contribution in [0.1, 0.15) is 46.3 Å². The van der Waals surface area contributed by atoms with Gasteiger partial charge in [0.1, 0.15) is 0 Å². The van der Waals surface area contributed by atoms with Crippen LogP contribution in [0.25, 0.3) is 10.9 Å². The molecule has 1 aliphatic rings. The van der Waals surface area contributed by atoms with Crippen LogP contribution in [-0.2, 0) is 28.7 Å². The summed E-state index contributed by atoms with van der Waals surface area (Å²) in [7, 11) is 1.88. The molecule has 1 atom stereocenters. The first-order valence-electron chi connectivity index (χ1n) is 12.2. The van der Waals surface area contributed by atoms with Crippen molar-refractivity contribution in [3.63, 3.8) is 0 Å². The van der Waals surface area contributed by atoms with Crippen molar-refractivity contribution in [2.45, 2.75) is 37.9 Å². The standard InChI is InChI=1S/C28H26N6O3S/c1-18(7-10-24-29-13-14-38-24)31-27(37)26(36)30-16-19-5-3-4-6-22(19)25(35)32-28(11-12-28)21-8-9-23-20(15-21)17-34(2)33-23/h3-6,8-9,13-15,17-18H,11-12,16H2,1-2H3,(H,30,36)(H,31,37)(H,32,35)/t18-/m0/s1. The number of hydrogen-bond donors (Lipinski definition) is 3. The van der Waals surface area contributed by atoms with E-state index in [1.54, 1.807) is 42.1 Å². The largest absolute Gasteiger partial charge is 0.344 e. The Balaban J connectivity index is 1.21. The topological polar surface area (TPSA) is 118 Å². The van der Waals surface area contributed by atoms with Gasteiger partial charge >= 0.3 is 11.8 Å². The van der Waals surface area contributed by atoms with E-state index in [0.29, 0.717) is 16.1 Å². The van der Waals surface area contributed by atoms with Gasteiger partial charge in [-0.25, -0.2) is 4.98 Å². The predicted molar refractivity (Wildman–Crippen MR) is 144 cm³/mol. The second-order valence-electron chi connectivity index (χ2n) is 9.25. The van der Waals surface area contributed by atoms with Crippen molar-refractivity contribution in [3.05, 3.63) is 81.9 Å². The maximum atomic E-state index is 13.3. The average molecular weight is 527 g/mol. The highest BCUT2D eigenvalue weighted by Crippen LogP contribution is 2.46. The quantitative estimate of drug-likeness (QED) is 0.264. The Labute approximate surface area is 223 Å². The van der Waals surface area contributed by atoms with Crippen molar-refractivity contribution in [3.8, 4) is 11.8 Å². The van der Waals surface area contributed by atoms with Crippen molar-refractivity contribution in [2.24, 2.45) is 7.05 Å². The van der Waals surface area contributed by atoms with E-state index in [9.17, 15) is 14.4 Å². The number of amides is 3. The van der Waals surface area contributed by atoms with Crippen LogP contribution in [-0.4, -0.2) is 38.5 Å². The number of carbonyl (C=O) groups is 3. The minimum Gasteiger partial charge on any atom is -0.344 e. The first-order valence-corrected chi connectivity index (χ1v) is 13.0. The van der Waals surface area contributed by atoms with Crippen LogP contribution in [0.15, 0.2) is 60.2 Å². The number of nitrogens with zero attached hydrogens (tertiary/aromatic N) is 3. The van der Waals surface area contributed by atoms with Gasteiger partial charge in [-0.3, -0.25) is 19.1 Å². The Morgan fingerprint density at radius 3 is 2.74 bits per heavy atom. The highest BCUT2D eigenvalue weighted by Gasteiger charge is 2.46. The zero-order valence-corrected chi connectivity index (χ0v) is 21.8. The number of benzene rings is 2. The van der Waals surface area contributed by atoms with Gasteiger partial charge in [0.2, 0.25) is 0 Å². The molecule has 2 aromatic carbocycles. The molecular formula is C28H26N6O3S. The van der Waals surface area contributed by atoms with Crippen LogP contribution in [0.2, 0.25) is 0 Å². The molecule has 1 aliphatic carbocycles. The lowest BCUT2D eigenvalue weighted by Crippen LogP contribution is -2.43. The van der Waals surface area contributed by atoms with Crippen LogP contribution < -0.4 is 16.0 Å². The first-order chi connectivity index (χ1) is 18.3. The van der Waals surface area contributed by atoms with Crippen molar-refractivity contribution in [2.75, 3.05) is 0 Å². The molecule has 2 aromatic heterocycles. The number of thiazole rings is 1. The zero-order chi connectivity index (χ0) is 26.7. The van der Waals surface area contributed by atoms with Gasteiger partial charge in [0, 0.05) is 42.3 Å². The Bertz CT molecular complexity index is 1580. The predicted octanol–water partition coefficient (Wildman–Crippen LogP) is 2.62. The fourth-order valence-corrected chi connectivity index (χ4v) is 4.74. The summed E-state index contributed by atoms with van der Waals surface area (Å²) in [4.78, 5) is 42.1. The van der Waals surface area contributed by atoms with Gasteiger partial charge in [-0.1, -0.05) is 30.2 Å². The second-order valence-corrected chi connectivity index (χ2v) is 10.1. The number of rotatable bonds is 6. The molecule has 192 valence electrons. The van der Waals surface area contributed by atoms with Crippen LogP contribution in [0, 0.1) is 11.8 Å². The number of nitrogens with one attached hydrogen (secondary N) is 3. The normalized spacial score (nSPS) is 14.2. The molecule has 0 spiro atoms. The Hall–Kier alpha value is -4.49. The molecule has 0 saturated heterocycles. The molecule has 5 rings (SSSR count). The summed E-state index contributed by atoms with van der Waals surface area (Å²) in [6.45, 7) is 1.72. The third-order valence-corrected chi connectivity index (χ3v) is 7.05. The molecule has 3 N–H and O–H groups in total. The van der Waals surface area contributed by atoms with E-state index < -0.39 is 23.4 Å². The fourth-order valence-electron chi connectivity index (χ4n) is 4.25. The molecule has 9 nitrogen and oxygen atoms in total. The van der Waals surface area contributed by atoms with E-state index in [1.807, 2.05) is 30.8 Å². The third kappa shape index (κ3) is 5.58. The summed E-state index contributed by atoms with van der Waals surface area (Å²) < 4.78 is 1.77. The van der Waals surface area contributed by atoms with Crippen LogP contribution >= 0.6 is 11.3 Å². The van der Waals surface area contributed by atoms with E-state index in [1.165, 1.54) is 11.3 Å². The number of hydrogen-bond acceptors (Lipinski definition) is 6. The van der Waals surface area contributed by atoms with Crippen molar-refractivity contribution < 1.29 is 14.4 Å². The van der Waals surface area contributed by atoms with Gasteiger partial charge in [0.25, 0.3) is 5.91 Å². The van der Waals surface area contributed by atoms with E-state index >= 15 is 0 Å². The number of carbonyl (C=O) groups excluding carboxylic acids is 3. The highest BCUT2D eigenvalue weighted by molar-refractivity contribution is 7.10. The lowest BCUT2D eigenvalue weighted by Gasteiger charge is -2.19. The minimum absolute atomic E-state index is 0.0314. The second kappa shape index (κ2) is 10.5. The molecule has 0 unspecified atom stereocenters. The average Bonchev–Trinajstić information content (AvgIpc) is 3.31. The lowest BCUT2D eigenvalue weighted by molar-refractivity contribution is -0.139.